The van der Waals surface area contributed by atoms with Gasteiger partial charge < -0.3 is 9.88 Å². The SMILES string of the molecule is CCCNC1CCCC1n1c(C)nc2ccccc21. The van der Waals surface area contributed by atoms with Gasteiger partial charge in [0, 0.05) is 6.04 Å². The standard InChI is InChI=1S/C16H23N3/c1-3-11-17-13-8-6-10-15(13)19-12(2)18-14-7-4-5-9-16(14)19/h4-5,7,9,13,15,17H,3,6,8,10-11H2,1-2H3. The van der Waals surface area contributed by atoms with Crippen molar-refractivity contribution in [2.75, 3.05) is 6.54 Å². The van der Waals surface area contributed by atoms with Crippen molar-refractivity contribution in [1.29, 1.82) is 0 Å². The summed E-state index contributed by atoms with van der Waals surface area (Å²) in [6.07, 6.45) is 5.07. The van der Waals surface area contributed by atoms with Crippen molar-refractivity contribution in [1.82, 2.24) is 14.9 Å². The first kappa shape index (κ1) is 12.7. The van der Waals surface area contributed by atoms with Crippen LogP contribution < -0.4 is 5.32 Å². The van der Waals surface area contributed by atoms with E-state index in [1.165, 1.54) is 31.2 Å². The summed E-state index contributed by atoms with van der Waals surface area (Å²) in [5, 5.41) is 3.71. The Morgan fingerprint density at radius 2 is 2.16 bits per heavy atom. The van der Waals surface area contributed by atoms with Gasteiger partial charge in [-0.25, -0.2) is 4.98 Å². The fourth-order valence-corrected chi connectivity index (χ4v) is 3.40. The van der Waals surface area contributed by atoms with Crippen LogP contribution in [0.5, 0.6) is 0 Å². The molecule has 1 fully saturated rings. The number of fused-ring (bicyclic) bond motifs is 1. The molecule has 0 aliphatic heterocycles. The number of rotatable bonds is 4. The molecule has 0 saturated heterocycles. The van der Waals surface area contributed by atoms with Gasteiger partial charge in [0.05, 0.1) is 17.1 Å². The molecule has 2 unspecified atom stereocenters. The molecule has 1 aliphatic carbocycles. The van der Waals surface area contributed by atoms with Crippen molar-refractivity contribution in [3.63, 3.8) is 0 Å². The monoisotopic (exact) mass is 257 g/mol. The van der Waals surface area contributed by atoms with E-state index in [0.29, 0.717) is 12.1 Å². The molecule has 0 spiro atoms. The van der Waals surface area contributed by atoms with Crippen LogP contribution in [-0.4, -0.2) is 22.1 Å². The summed E-state index contributed by atoms with van der Waals surface area (Å²) in [6, 6.07) is 9.67. The number of benzene rings is 1. The molecule has 1 saturated carbocycles. The highest BCUT2D eigenvalue weighted by Gasteiger charge is 2.30. The van der Waals surface area contributed by atoms with Crippen LogP contribution in [-0.2, 0) is 0 Å². The van der Waals surface area contributed by atoms with Gasteiger partial charge in [-0.05, 0) is 51.3 Å². The highest BCUT2D eigenvalue weighted by atomic mass is 15.1. The lowest BCUT2D eigenvalue weighted by Crippen LogP contribution is -2.34. The summed E-state index contributed by atoms with van der Waals surface area (Å²) in [6.45, 7) is 5.48. The highest BCUT2D eigenvalue weighted by molar-refractivity contribution is 5.76. The number of para-hydroxylation sites is 2. The summed E-state index contributed by atoms with van der Waals surface area (Å²) in [5.74, 6) is 1.15. The minimum Gasteiger partial charge on any atom is -0.324 e. The topological polar surface area (TPSA) is 29.9 Å². The molecule has 3 nitrogen and oxygen atoms in total. The summed E-state index contributed by atoms with van der Waals surface area (Å²) >= 11 is 0. The lowest BCUT2D eigenvalue weighted by atomic mass is 10.1. The fourth-order valence-electron chi connectivity index (χ4n) is 3.40. The lowest BCUT2D eigenvalue weighted by Gasteiger charge is -2.24. The molecule has 19 heavy (non-hydrogen) atoms. The Morgan fingerprint density at radius 1 is 1.32 bits per heavy atom. The van der Waals surface area contributed by atoms with E-state index in [9.17, 15) is 0 Å². The Bertz CT molecular complexity index is 558. The van der Waals surface area contributed by atoms with Crippen LogP contribution in [0.4, 0.5) is 0 Å². The molecule has 1 aliphatic rings. The van der Waals surface area contributed by atoms with Crippen LogP contribution >= 0.6 is 0 Å². The van der Waals surface area contributed by atoms with Crippen LogP contribution in [0.3, 0.4) is 0 Å². The predicted octanol–water partition coefficient (Wildman–Crippen LogP) is 3.44. The van der Waals surface area contributed by atoms with E-state index in [-0.39, 0.29) is 0 Å². The van der Waals surface area contributed by atoms with Crippen molar-refractivity contribution < 1.29 is 0 Å². The number of hydrogen-bond acceptors (Lipinski definition) is 2. The van der Waals surface area contributed by atoms with Crippen molar-refractivity contribution in [3.8, 4) is 0 Å². The molecule has 2 atom stereocenters. The maximum absolute atomic E-state index is 4.71. The fraction of sp³-hybridized carbons (Fsp3) is 0.562. The number of imidazole rings is 1. The lowest BCUT2D eigenvalue weighted by molar-refractivity contribution is 0.394. The summed E-state index contributed by atoms with van der Waals surface area (Å²) < 4.78 is 2.45. The third kappa shape index (κ3) is 2.27. The van der Waals surface area contributed by atoms with Gasteiger partial charge >= 0.3 is 0 Å². The second kappa shape index (κ2) is 5.33. The average molecular weight is 257 g/mol. The minimum atomic E-state index is 0.568. The number of nitrogens with zero attached hydrogens (tertiary/aromatic N) is 2. The van der Waals surface area contributed by atoms with Crippen LogP contribution in [0.15, 0.2) is 24.3 Å². The minimum absolute atomic E-state index is 0.568. The van der Waals surface area contributed by atoms with E-state index in [1.807, 2.05) is 0 Å². The number of hydrogen-bond donors (Lipinski definition) is 1. The van der Waals surface area contributed by atoms with Crippen LogP contribution in [0, 0.1) is 6.92 Å². The number of aryl methyl sites for hydroxylation is 1. The second-order valence-electron chi connectivity index (χ2n) is 5.58. The first-order chi connectivity index (χ1) is 9.31. The van der Waals surface area contributed by atoms with Crippen molar-refractivity contribution in [3.05, 3.63) is 30.1 Å². The molecule has 3 heteroatoms. The molecule has 0 amide bonds. The Labute approximate surface area is 115 Å². The van der Waals surface area contributed by atoms with Gasteiger partial charge in [0.25, 0.3) is 0 Å². The first-order valence-corrected chi connectivity index (χ1v) is 7.48. The molecular weight excluding hydrogens is 234 g/mol. The van der Waals surface area contributed by atoms with Gasteiger partial charge in [-0.15, -0.1) is 0 Å². The van der Waals surface area contributed by atoms with E-state index in [4.69, 9.17) is 4.98 Å². The molecule has 1 N–H and O–H groups in total. The van der Waals surface area contributed by atoms with E-state index < -0.39 is 0 Å². The van der Waals surface area contributed by atoms with Gasteiger partial charge in [-0.1, -0.05) is 19.1 Å². The Hall–Kier alpha value is -1.35. The summed E-state index contributed by atoms with van der Waals surface area (Å²) in [7, 11) is 0. The van der Waals surface area contributed by atoms with Gasteiger partial charge in [0.15, 0.2) is 0 Å². The summed E-state index contributed by atoms with van der Waals surface area (Å²) in [4.78, 5) is 4.71. The maximum Gasteiger partial charge on any atom is 0.107 e. The van der Waals surface area contributed by atoms with Gasteiger partial charge in [0.1, 0.15) is 5.82 Å². The van der Waals surface area contributed by atoms with Gasteiger partial charge in [0.2, 0.25) is 0 Å². The zero-order valence-corrected chi connectivity index (χ0v) is 11.9. The van der Waals surface area contributed by atoms with Crippen molar-refractivity contribution in [2.45, 2.75) is 51.6 Å². The van der Waals surface area contributed by atoms with Crippen molar-refractivity contribution in [2.24, 2.45) is 0 Å². The quantitative estimate of drug-likeness (QED) is 0.909. The normalized spacial score (nSPS) is 23.3. The van der Waals surface area contributed by atoms with E-state index in [0.717, 1.165) is 17.9 Å². The van der Waals surface area contributed by atoms with E-state index in [2.05, 4.69) is 48.0 Å². The zero-order valence-electron chi connectivity index (χ0n) is 11.9. The molecule has 1 aromatic heterocycles. The average Bonchev–Trinajstić information content (AvgIpc) is 2.98. The van der Waals surface area contributed by atoms with Crippen LogP contribution in [0.1, 0.15) is 44.5 Å². The molecular formula is C16H23N3. The van der Waals surface area contributed by atoms with Gasteiger partial charge in [-0.2, -0.15) is 0 Å². The Morgan fingerprint density at radius 3 is 3.00 bits per heavy atom. The van der Waals surface area contributed by atoms with E-state index in [1.54, 1.807) is 0 Å². The Kier molecular flexibility index (Phi) is 3.56. The molecule has 3 rings (SSSR count). The maximum atomic E-state index is 4.71. The Balaban J connectivity index is 1.96. The zero-order chi connectivity index (χ0) is 13.2. The number of aromatic nitrogens is 2. The predicted molar refractivity (Wildman–Crippen MR) is 79.4 cm³/mol. The largest absolute Gasteiger partial charge is 0.324 e. The first-order valence-electron chi connectivity index (χ1n) is 7.48. The second-order valence-corrected chi connectivity index (χ2v) is 5.58. The molecule has 2 aromatic rings. The summed E-state index contributed by atoms with van der Waals surface area (Å²) in [5.41, 5.74) is 2.41. The molecule has 1 heterocycles. The smallest absolute Gasteiger partial charge is 0.107 e. The third-order valence-electron chi connectivity index (χ3n) is 4.24. The van der Waals surface area contributed by atoms with Crippen LogP contribution in [0.25, 0.3) is 11.0 Å². The van der Waals surface area contributed by atoms with Gasteiger partial charge in [-0.3, -0.25) is 0 Å². The molecule has 0 bridgehead atoms. The van der Waals surface area contributed by atoms with E-state index >= 15 is 0 Å². The third-order valence-corrected chi connectivity index (χ3v) is 4.24. The van der Waals surface area contributed by atoms with Crippen molar-refractivity contribution >= 4 is 11.0 Å². The highest BCUT2D eigenvalue weighted by Crippen LogP contribution is 2.33. The molecule has 0 radical (unpaired) electrons. The van der Waals surface area contributed by atoms with Crippen LogP contribution in [0.2, 0.25) is 0 Å². The molecule has 102 valence electrons. The molecule has 1 aromatic carbocycles. The number of nitrogens with one attached hydrogen (secondary N) is 1.